The number of nitro benzene ring substituents is 1. The van der Waals surface area contributed by atoms with Crippen LogP contribution in [0.15, 0.2) is 24.3 Å². The van der Waals surface area contributed by atoms with Gasteiger partial charge in [0, 0.05) is 6.07 Å². The van der Waals surface area contributed by atoms with Gasteiger partial charge in [-0.25, -0.2) is 4.39 Å². The Morgan fingerprint density at radius 3 is 2.79 bits per heavy atom. The molecule has 0 saturated heterocycles. The minimum absolute atomic E-state index is 0.0375. The predicted molar refractivity (Wildman–Crippen MR) is 60.5 cm³/mol. The van der Waals surface area contributed by atoms with Crippen LogP contribution in [0.2, 0.25) is 0 Å². The van der Waals surface area contributed by atoms with Crippen molar-refractivity contribution in [3.05, 3.63) is 34.4 Å². The summed E-state index contributed by atoms with van der Waals surface area (Å²) >= 11 is 1.60. The van der Waals surface area contributed by atoms with E-state index in [0.29, 0.717) is 5.69 Å². The van der Waals surface area contributed by atoms with Gasteiger partial charge in [-0.1, -0.05) is 12.1 Å². The number of nitro groups is 1. The lowest BCUT2D eigenvalue weighted by atomic mass is 10.2. The topological polar surface area (TPSA) is 55.2 Å². The normalized spacial score (nSPS) is 12.1. The van der Waals surface area contributed by atoms with Crippen LogP contribution in [0.3, 0.4) is 0 Å². The van der Waals surface area contributed by atoms with Crippen LogP contribution in [0.4, 0.5) is 15.8 Å². The van der Waals surface area contributed by atoms with Gasteiger partial charge in [0.15, 0.2) is 4.18 Å². The number of benzene rings is 1. The maximum absolute atomic E-state index is 12.5. The molecule has 6 heteroatoms. The van der Waals surface area contributed by atoms with E-state index in [1.54, 1.807) is 40.8 Å². The number of hydrogen-bond acceptors (Lipinski definition) is 3. The Balaban J connectivity index is 2.79. The highest BCUT2D eigenvalue weighted by Crippen LogP contribution is 2.23. The van der Waals surface area contributed by atoms with Crippen LogP contribution in [0.1, 0.15) is 0 Å². The number of alkyl halides is 2. The van der Waals surface area contributed by atoms with Gasteiger partial charge in [-0.15, -0.1) is 0 Å². The lowest BCUT2D eigenvalue weighted by Gasteiger charge is -2.05. The van der Waals surface area contributed by atoms with Gasteiger partial charge in [-0.05, 0) is 28.7 Å². The summed E-state index contributed by atoms with van der Waals surface area (Å²) in [7, 11) is 0. The maximum atomic E-state index is 12.5. The highest BCUT2D eigenvalue weighted by Gasteiger charge is 2.12. The first kappa shape index (κ1) is 11.2. The average Bonchev–Trinajstić information content (AvgIpc) is 2.15. The maximum Gasteiger partial charge on any atom is 0.292 e. The van der Waals surface area contributed by atoms with Gasteiger partial charge in [0.2, 0.25) is 0 Å². The summed E-state index contributed by atoms with van der Waals surface area (Å²) in [6, 6.07) is 6.16. The molecule has 76 valence electrons. The number of nitrogens with one attached hydrogen (secondary N) is 1. The number of halogens is 2. The van der Waals surface area contributed by atoms with Crippen LogP contribution in [0.25, 0.3) is 0 Å². The van der Waals surface area contributed by atoms with E-state index in [-0.39, 0.29) is 12.2 Å². The van der Waals surface area contributed by atoms with E-state index >= 15 is 0 Å². The Morgan fingerprint density at radius 1 is 1.57 bits per heavy atom. The molecular weight excluding hydrogens is 302 g/mol. The quantitative estimate of drug-likeness (QED) is 0.403. The molecule has 0 saturated carbocycles. The second kappa shape index (κ2) is 5.08. The molecule has 1 N–H and O–H groups in total. The third-order valence-electron chi connectivity index (χ3n) is 1.55. The predicted octanol–water partition coefficient (Wildman–Crippen LogP) is 2.74. The Hall–Kier alpha value is -0.920. The summed E-state index contributed by atoms with van der Waals surface area (Å²) in [5.74, 6) is 0. The minimum atomic E-state index is -1.06. The lowest BCUT2D eigenvalue weighted by molar-refractivity contribution is -0.384. The second-order valence-corrected chi connectivity index (χ2v) is 3.90. The molecule has 1 aromatic rings. The van der Waals surface area contributed by atoms with E-state index in [9.17, 15) is 14.5 Å². The summed E-state index contributed by atoms with van der Waals surface area (Å²) < 4.78 is 11.4. The van der Waals surface area contributed by atoms with Gasteiger partial charge >= 0.3 is 0 Å². The Morgan fingerprint density at radius 2 is 2.21 bits per heavy atom. The first-order valence-electron chi connectivity index (χ1n) is 3.86. The van der Waals surface area contributed by atoms with Crippen molar-refractivity contribution in [2.45, 2.75) is 4.18 Å². The fraction of sp³-hybridized carbons (Fsp3) is 0.250. The van der Waals surface area contributed by atoms with Crippen molar-refractivity contribution >= 4 is 34.0 Å². The Bertz CT molecular complexity index is 333. The molecule has 1 rings (SSSR count). The molecule has 1 atom stereocenters. The summed E-state index contributed by atoms with van der Waals surface area (Å²) in [5.41, 5.74) is 0.307. The van der Waals surface area contributed by atoms with Crippen LogP contribution in [0.5, 0.6) is 0 Å². The van der Waals surface area contributed by atoms with Crippen LogP contribution < -0.4 is 5.32 Å². The van der Waals surface area contributed by atoms with Gasteiger partial charge in [-0.2, -0.15) is 0 Å². The van der Waals surface area contributed by atoms with Crippen molar-refractivity contribution in [3.63, 3.8) is 0 Å². The summed E-state index contributed by atoms with van der Waals surface area (Å²) in [6.45, 7) is 0.0609. The van der Waals surface area contributed by atoms with Crippen molar-refractivity contribution < 1.29 is 9.31 Å². The third kappa shape index (κ3) is 3.09. The van der Waals surface area contributed by atoms with Crippen molar-refractivity contribution in [2.24, 2.45) is 0 Å². The van der Waals surface area contributed by atoms with Crippen LogP contribution >= 0.6 is 22.6 Å². The smallest absolute Gasteiger partial charge is 0.292 e. The van der Waals surface area contributed by atoms with Crippen molar-refractivity contribution in [1.29, 1.82) is 0 Å². The SMILES string of the molecule is O=[N+]([O-])c1ccccc1NCC(F)I. The van der Waals surface area contributed by atoms with Crippen molar-refractivity contribution in [2.75, 3.05) is 11.9 Å². The van der Waals surface area contributed by atoms with E-state index in [0.717, 1.165) is 0 Å². The summed E-state index contributed by atoms with van der Waals surface area (Å²) in [6.07, 6.45) is 0. The zero-order valence-corrected chi connectivity index (χ0v) is 9.27. The molecule has 0 amide bonds. The molecular formula is C8H8FIN2O2. The standard InChI is InChI=1S/C8H8FIN2O2/c9-8(10)5-11-6-3-1-2-4-7(6)12(13)14/h1-4,8,11H,5H2. The highest BCUT2D eigenvalue weighted by atomic mass is 127. The largest absolute Gasteiger partial charge is 0.376 e. The van der Waals surface area contributed by atoms with Gasteiger partial charge in [0.25, 0.3) is 5.69 Å². The fourth-order valence-corrected chi connectivity index (χ4v) is 1.19. The zero-order chi connectivity index (χ0) is 10.6. The van der Waals surface area contributed by atoms with Gasteiger partial charge in [0.05, 0.1) is 11.5 Å². The van der Waals surface area contributed by atoms with Crippen molar-refractivity contribution in [3.8, 4) is 0 Å². The Kier molecular flexibility index (Phi) is 4.05. The van der Waals surface area contributed by atoms with Crippen LogP contribution in [-0.4, -0.2) is 15.6 Å². The van der Waals surface area contributed by atoms with Crippen molar-refractivity contribution in [1.82, 2.24) is 0 Å². The molecule has 0 aliphatic carbocycles. The second-order valence-electron chi connectivity index (χ2n) is 2.55. The fourth-order valence-electron chi connectivity index (χ4n) is 0.969. The average molecular weight is 310 g/mol. The molecule has 1 unspecified atom stereocenters. The monoisotopic (exact) mass is 310 g/mol. The van der Waals surface area contributed by atoms with E-state index < -0.39 is 9.10 Å². The van der Waals surface area contributed by atoms with E-state index in [1.165, 1.54) is 6.07 Å². The zero-order valence-electron chi connectivity index (χ0n) is 7.11. The molecule has 0 aliphatic rings. The van der Waals surface area contributed by atoms with Gasteiger partial charge < -0.3 is 5.32 Å². The minimum Gasteiger partial charge on any atom is -0.376 e. The summed E-state index contributed by atoms with van der Waals surface area (Å²) in [4.78, 5) is 10.0. The number of hydrogen-bond donors (Lipinski definition) is 1. The highest BCUT2D eigenvalue weighted by molar-refractivity contribution is 14.1. The van der Waals surface area contributed by atoms with Gasteiger partial charge in [-0.3, -0.25) is 10.1 Å². The molecule has 1 aromatic carbocycles. The number of anilines is 1. The molecule has 0 aromatic heterocycles. The molecule has 0 aliphatic heterocycles. The van der Waals surface area contributed by atoms with Crippen LogP contribution in [0, 0.1) is 10.1 Å². The summed E-state index contributed by atoms with van der Waals surface area (Å²) in [5, 5.41) is 13.2. The molecule has 4 nitrogen and oxygen atoms in total. The number of rotatable bonds is 4. The number of nitrogens with zero attached hydrogens (tertiary/aromatic N) is 1. The van der Waals surface area contributed by atoms with Crippen LogP contribution in [-0.2, 0) is 0 Å². The first-order chi connectivity index (χ1) is 6.61. The number of para-hydroxylation sites is 2. The van der Waals surface area contributed by atoms with E-state index in [2.05, 4.69) is 5.32 Å². The van der Waals surface area contributed by atoms with E-state index in [4.69, 9.17) is 0 Å². The Labute approximate surface area is 93.8 Å². The molecule has 0 bridgehead atoms. The lowest BCUT2D eigenvalue weighted by Crippen LogP contribution is -2.10. The molecule has 0 spiro atoms. The molecule has 0 fully saturated rings. The van der Waals surface area contributed by atoms with E-state index in [1.807, 2.05) is 0 Å². The first-order valence-corrected chi connectivity index (χ1v) is 5.11. The third-order valence-corrected chi connectivity index (χ3v) is 1.99. The van der Waals surface area contributed by atoms with Gasteiger partial charge in [0.1, 0.15) is 5.69 Å². The molecule has 0 radical (unpaired) electrons. The molecule has 0 heterocycles. The molecule has 14 heavy (non-hydrogen) atoms.